The molecule has 0 aliphatic carbocycles. The highest BCUT2D eigenvalue weighted by molar-refractivity contribution is 5.90. The van der Waals surface area contributed by atoms with Gasteiger partial charge in [-0.05, 0) is 36.6 Å². The van der Waals surface area contributed by atoms with Gasteiger partial charge < -0.3 is 16.2 Å². The molecule has 0 spiro atoms. The first-order valence-corrected chi connectivity index (χ1v) is 9.64. The average molecular weight is 384 g/mol. The third-order valence-electron chi connectivity index (χ3n) is 4.38. The maximum absolute atomic E-state index is 12.1. The van der Waals surface area contributed by atoms with Gasteiger partial charge in [0.25, 0.3) is 0 Å². The van der Waals surface area contributed by atoms with Crippen LogP contribution in [0.3, 0.4) is 0 Å². The molecule has 0 unspecified atom stereocenters. The standard InChI is InChI=1S/C21H28N4O3/c1-2-3-4-5-8-16(22)20(26)28-21(27)17(23)13-15-10-11-19(25-14-15)18-9-6-7-12-24-18/h6-7,9-12,14,16-17H,2-5,8,13,22-23H2,1H3/t16-,17-/m1/s1. The van der Waals surface area contributed by atoms with Crippen molar-refractivity contribution in [2.75, 3.05) is 0 Å². The molecule has 0 fully saturated rings. The van der Waals surface area contributed by atoms with Gasteiger partial charge in [-0.2, -0.15) is 0 Å². The topological polar surface area (TPSA) is 121 Å². The molecule has 0 aromatic carbocycles. The fraction of sp³-hybridized carbons (Fsp3) is 0.429. The normalized spacial score (nSPS) is 13.0. The number of hydrogen-bond acceptors (Lipinski definition) is 7. The Morgan fingerprint density at radius 2 is 1.71 bits per heavy atom. The molecule has 4 N–H and O–H groups in total. The lowest BCUT2D eigenvalue weighted by Crippen LogP contribution is -2.40. The van der Waals surface area contributed by atoms with Gasteiger partial charge in [0.05, 0.1) is 11.4 Å². The van der Waals surface area contributed by atoms with Gasteiger partial charge in [-0.3, -0.25) is 9.97 Å². The zero-order valence-corrected chi connectivity index (χ0v) is 16.2. The molecule has 2 aromatic heterocycles. The Labute approximate surface area is 165 Å². The van der Waals surface area contributed by atoms with Gasteiger partial charge in [0, 0.05) is 12.4 Å². The van der Waals surface area contributed by atoms with Crippen LogP contribution in [0, 0.1) is 0 Å². The summed E-state index contributed by atoms with van der Waals surface area (Å²) in [5, 5.41) is 0. The van der Waals surface area contributed by atoms with Crippen molar-refractivity contribution >= 4 is 11.9 Å². The molecular formula is C21H28N4O3. The minimum Gasteiger partial charge on any atom is -0.391 e. The summed E-state index contributed by atoms with van der Waals surface area (Å²) in [5.41, 5.74) is 13.9. The van der Waals surface area contributed by atoms with Crippen LogP contribution in [0.1, 0.15) is 44.6 Å². The smallest absolute Gasteiger partial charge is 0.330 e. The van der Waals surface area contributed by atoms with E-state index in [0.717, 1.165) is 42.6 Å². The highest BCUT2D eigenvalue weighted by atomic mass is 16.6. The van der Waals surface area contributed by atoms with E-state index in [0.29, 0.717) is 6.42 Å². The molecule has 7 nitrogen and oxygen atoms in total. The zero-order chi connectivity index (χ0) is 20.4. The summed E-state index contributed by atoms with van der Waals surface area (Å²) < 4.78 is 4.84. The number of esters is 2. The second-order valence-corrected chi connectivity index (χ2v) is 6.77. The molecule has 2 rings (SSSR count). The fourth-order valence-electron chi connectivity index (χ4n) is 2.71. The first-order valence-electron chi connectivity index (χ1n) is 9.64. The number of ether oxygens (including phenoxy) is 1. The summed E-state index contributed by atoms with van der Waals surface area (Å²) in [4.78, 5) is 32.6. The lowest BCUT2D eigenvalue weighted by Gasteiger charge is -2.13. The Hall–Kier alpha value is -2.64. The molecule has 0 radical (unpaired) electrons. The van der Waals surface area contributed by atoms with Crippen molar-refractivity contribution in [1.29, 1.82) is 0 Å². The number of hydrogen-bond donors (Lipinski definition) is 2. The van der Waals surface area contributed by atoms with Gasteiger partial charge >= 0.3 is 11.9 Å². The van der Waals surface area contributed by atoms with Crippen LogP contribution in [0.25, 0.3) is 11.4 Å². The maximum atomic E-state index is 12.1. The molecule has 0 aliphatic rings. The maximum Gasteiger partial charge on any atom is 0.330 e. The van der Waals surface area contributed by atoms with Crippen LogP contribution in [0.15, 0.2) is 42.7 Å². The highest BCUT2D eigenvalue weighted by Crippen LogP contribution is 2.14. The Bertz CT molecular complexity index is 750. The van der Waals surface area contributed by atoms with Crippen molar-refractivity contribution in [3.63, 3.8) is 0 Å². The number of carbonyl (C=O) groups is 2. The van der Waals surface area contributed by atoms with Crippen molar-refractivity contribution in [1.82, 2.24) is 9.97 Å². The summed E-state index contributed by atoms with van der Waals surface area (Å²) in [6, 6.07) is 7.46. The predicted molar refractivity (Wildman–Crippen MR) is 107 cm³/mol. The van der Waals surface area contributed by atoms with Crippen molar-refractivity contribution in [3.05, 3.63) is 48.3 Å². The van der Waals surface area contributed by atoms with Gasteiger partial charge in [-0.1, -0.05) is 44.7 Å². The Balaban J connectivity index is 1.82. The number of pyridine rings is 2. The van der Waals surface area contributed by atoms with E-state index in [4.69, 9.17) is 16.2 Å². The lowest BCUT2D eigenvalue weighted by atomic mass is 10.1. The van der Waals surface area contributed by atoms with E-state index in [1.165, 1.54) is 0 Å². The first-order chi connectivity index (χ1) is 13.5. The first kappa shape index (κ1) is 21.7. The van der Waals surface area contributed by atoms with Crippen LogP contribution in [-0.2, 0) is 20.7 Å². The van der Waals surface area contributed by atoms with E-state index >= 15 is 0 Å². The van der Waals surface area contributed by atoms with E-state index in [-0.39, 0.29) is 6.42 Å². The van der Waals surface area contributed by atoms with Crippen LogP contribution in [0.4, 0.5) is 0 Å². The number of carbonyl (C=O) groups excluding carboxylic acids is 2. The molecule has 0 amide bonds. The fourth-order valence-corrected chi connectivity index (χ4v) is 2.71. The number of nitrogens with zero attached hydrogens (tertiary/aromatic N) is 2. The Kier molecular flexibility index (Phi) is 8.71. The van der Waals surface area contributed by atoms with Crippen molar-refractivity contribution in [2.24, 2.45) is 11.5 Å². The van der Waals surface area contributed by atoms with E-state index in [2.05, 4.69) is 16.9 Å². The van der Waals surface area contributed by atoms with Crippen molar-refractivity contribution in [2.45, 2.75) is 57.5 Å². The minimum absolute atomic E-state index is 0.216. The number of unbranched alkanes of at least 4 members (excludes halogenated alkanes) is 3. The lowest BCUT2D eigenvalue weighted by molar-refractivity contribution is -0.161. The molecule has 0 aliphatic heterocycles. The second kappa shape index (κ2) is 11.3. The Morgan fingerprint density at radius 1 is 0.964 bits per heavy atom. The quantitative estimate of drug-likeness (QED) is 0.366. The molecule has 0 saturated carbocycles. The molecule has 2 atom stereocenters. The molecule has 150 valence electrons. The monoisotopic (exact) mass is 384 g/mol. The summed E-state index contributed by atoms with van der Waals surface area (Å²) >= 11 is 0. The van der Waals surface area contributed by atoms with Crippen LogP contribution in [-0.4, -0.2) is 34.0 Å². The van der Waals surface area contributed by atoms with E-state index in [1.807, 2.05) is 30.3 Å². The molecule has 2 heterocycles. The van der Waals surface area contributed by atoms with Gasteiger partial charge in [-0.25, -0.2) is 9.59 Å². The molecule has 0 saturated heterocycles. The molecule has 0 bridgehead atoms. The number of rotatable bonds is 10. The summed E-state index contributed by atoms with van der Waals surface area (Å²) in [7, 11) is 0. The number of aromatic nitrogens is 2. The third kappa shape index (κ3) is 6.83. The minimum atomic E-state index is -0.959. The Morgan fingerprint density at radius 3 is 2.36 bits per heavy atom. The van der Waals surface area contributed by atoms with Crippen LogP contribution < -0.4 is 11.5 Å². The van der Waals surface area contributed by atoms with Gasteiger partial charge in [0.2, 0.25) is 0 Å². The van der Waals surface area contributed by atoms with Crippen LogP contribution in [0.5, 0.6) is 0 Å². The summed E-state index contributed by atoms with van der Waals surface area (Å²) in [5.74, 6) is -1.50. The van der Waals surface area contributed by atoms with Crippen LogP contribution >= 0.6 is 0 Å². The summed E-state index contributed by atoms with van der Waals surface area (Å²) in [6.45, 7) is 2.11. The van der Waals surface area contributed by atoms with Crippen LogP contribution in [0.2, 0.25) is 0 Å². The predicted octanol–water partition coefficient (Wildman–Crippen LogP) is 2.38. The van der Waals surface area contributed by atoms with Gasteiger partial charge in [0.1, 0.15) is 12.1 Å². The number of nitrogens with two attached hydrogens (primary N) is 2. The van der Waals surface area contributed by atoms with E-state index in [1.54, 1.807) is 12.4 Å². The van der Waals surface area contributed by atoms with Gasteiger partial charge in [-0.15, -0.1) is 0 Å². The zero-order valence-electron chi connectivity index (χ0n) is 16.2. The van der Waals surface area contributed by atoms with E-state index < -0.39 is 24.0 Å². The van der Waals surface area contributed by atoms with E-state index in [9.17, 15) is 9.59 Å². The second-order valence-electron chi connectivity index (χ2n) is 6.77. The van der Waals surface area contributed by atoms with Crippen molar-refractivity contribution < 1.29 is 14.3 Å². The molecule has 2 aromatic rings. The molecule has 28 heavy (non-hydrogen) atoms. The largest absolute Gasteiger partial charge is 0.391 e. The van der Waals surface area contributed by atoms with Crippen molar-refractivity contribution in [3.8, 4) is 11.4 Å². The third-order valence-corrected chi connectivity index (χ3v) is 4.38. The summed E-state index contributed by atoms with van der Waals surface area (Å²) in [6.07, 6.45) is 8.09. The molecule has 7 heteroatoms. The molecular weight excluding hydrogens is 356 g/mol. The van der Waals surface area contributed by atoms with Gasteiger partial charge in [0.15, 0.2) is 0 Å². The SMILES string of the molecule is CCCCCC[C@@H](N)C(=O)OC(=O)[C@H](N)Cc1ccc(-c2ccccn2)nc1. The average Bonchev–Trinajstić information content (AvgIpc) is 2.72. The highest BCUT2D eigenvalue weighted by Gasteiger charge is 2.23.